The lowest BCUT2D eigenvalue weighted by molar-refractivity contribution is 0.271. The van der Waals surface area contributed by atoms with Crippen molar-refractivity contribution in [3.63, 3.8) is 0 Å². The Balaban J connectivity index is 1.97. The lowest BCUT2D eigenvalue weighted by Crippen LogP contribution is -2.34. The van der Waals surface area contributed by atoms with Gasteiger partial charge in [-0.15, -0.1) is 0 Å². The van der Waals surface area contributed by atoms with Crippen LogP contribution in [-0.4, -0.2) is 49.1 Å². The minimum Gasteiger partial charge on any atom is -0.314 e. The summed E-state index contributed by atoms with van der Waals surface area (Å²) < 4.78 is 0. The van der Waals surface area contributed by atoms with E-state index >= 15 is 0 Å². The van der Waals surface area contributed by atoms with Crippen molar-refractivity contribution in [2.24, 2.45) is 0 Å². The van der Waals surface area contributed by atoms with Crippen molar-refractivity contribution in [3.05, 3.63) is 0 Å². The number of nitrogens with zero attached hydrogens (tertiary/aromatic N) is 1. The zero-order valence-corrected chi connectivity index (χ0v) is 12.0. The maximum atomic E-state index is 3.68. The monoisotopic (exact) mass is 244 g/mol. The molecule has 0 aromatic carbocycles. The van der Waals surface area contributed by atoms with Crippen LogP contribution in [-0.2, 0) is 0 Å². The molecular weight excluding hydrogens is 216 g/mol. The molecule has 2 nitrogen and oxygen atoms in total. The molecule has 1 aliphatic rings. The van der Waals surface area contributed by atoms with Gasteiger partial charge in [0.1, 0.15) is 0 Å². The predicted octanol–water partition coefficient (Wildman–Crippen LogP) is 2.59. The maximum absolute atomic E-state index is 3.68. The van der Waals surface area contributed by atoms with E-state index in [0.29, 0.717) is 6.04 Å². The molecule has 0 aromatic rings. The van der Waals surface area contributed by atoms with Crippen LogP contribution in [0.15, 0.2) is 0 Å². The van der Waals surface area contributed by atoms with Gasteiger partial charge in [-0.3, -0.25) is 0 Å². The Morgan fingerprint density at radius 2 is 2.06 bits per heavy atom. The van der Waals surface area contributed by atoms with Crippen molar-refractivity contribution in [1.29, 1.82) is 0 Å². The Morgan fingerprint density at radius 3 is 2.69 bits per heavy atom. The van der Waals surface area contributed by atoms with E-state index in [1.165, 1.54) is 50.9 Å². The molecule has 1 saturated carbocycles. The third kappa shape index (κ3) is 5.55. The van der Waals surface area contributed by atoms with Crippen molar-refractivity contribution in [2.45, 2.75) is 51.1 Å². The second-order valence-electron chi connectivity index (χ2n) is 5.07. The minimum absolute atomic E-state index is 0.710. The summed E-state index contributed by atoms with van der Waals surface area (Å²) in [5.74, 6) is 1.24. The van der Waals surface area contributed by atoms with Gasteiger partial charge < -0.3 is 10.2 Å². The molecule has 96 valence electrons. The van der Waals surface area contributed by atoms with Gasteiger partial charge in [-0.2, -0.15) is 11.8 Å². The summed E-state index contributed by atoms with van der Waals surface area (Å²) in [5.41, 5.74) is 0. The van der Waals surface area contributed by atoms with Gasteiger partial charge in [0.2, 0.25) is 0 Å². The fourth-order valence-electron chi connectivity index (χ4n) is 2.35. The summed E-state index contributed by atoms with van der Waals surface area (Å²) in [6.45, 7) is 4.74. The molecule has 0 bridgehead atoms. The first kappa shape index (κ1) is 14.3. The Kier molecular flexibility index (Phi) is 7.50. The van der Waals surface area contributed by atoms with Crippen LogP contribution in [0.25, 0.3) is 0 Å². The first-order valence-electron chi connectivity index (χ1n) is 6.66. The molecule has 16 heavy (non-hydrogen) atoms. The van der Waals surface area contributed by atoms with Gasteiger partial charge in [0, 0.05) is 17.8 Å². The van der Waals surface area contributed by atoms with Crippen LogP contribution in [0, 0.1) is 0 Å². The Morgan fingerprint density at radius 1 is 1.38 bits per heavy atom. The average Bonchev–Trinajstić information content (AvgIpc) is 2.77. The zero-order chi connectivity index (χ0) is 11.8. The highest BCUT2D eigenvalue weighted by Crippen LogP contribution is 2.17. The SMILES string of the molecule is CSCC(C)N(C)CCCNC1CCCC1. The highest BCUT2D eigenvalue weighted by atomic mass is 32.2. The Hall–Kier alpha value is 0.270. The van der Waals surface area contributed by atoms with E-state index in [1.807, 2.05) is 11.8 Å². The number of hydrogen-bond donors (Lipinski definition) is 1. The molecule has 1 rings (SSSR count). The van der Waals surface area contributed by atoms with Crippen LogP contribution < -0.4 is 5.32 Å². The van der Waals surface area contributed by atoms with Crippen LogP contribution in [0.2, 0.25) is 0 Å². The number of thioether (sulfide) groups is 1. The van der Waals surface area contributed by atoms with E-state index in [2.05, 4.69) is 30.4 Å². The number of hydrogen-bond acceptors (Lipinski definition) is 3. The average molecular weight is 244 g/mol. The lowest BCUT2D eigenvalue weighted by atomic mass is 10.2. The largest absolute Gasteiger partial charge is 0.314 e. The molecular formula is C13H28N2S. The highest BCUT2D eigenvalue weighted by molar-refractivity contribution is 7.98. The summed E-state index contributed by atoms with van der Waals surface area (Å²) in [7, 11) is 2.25. The summed E-state index contributed by atoms with van der Waals surface area (Å²) in [6.07, 6.45) is 9.14. The molecule has 0 spiro atoms. The van der Waals surface area contributed by atoms with Crippen LogP contribution in [0.3, 0.4) is 0 Å². The third-order valence-electron chi connectivity index (χ3n) is 3.64. The van der Waals surface area contributed by atoms with Crippen molar-refractivity contribution in [2.75, 3.05) is 32.1 Å². The van der Waals surface area contributed by atoms with E-state index in [9.17, 15) is 0 Å². The molecule has 0 amide bonds. The third-order valence-corrected chi connectivity index (χ3v) is 4.45. The molecule has 1 fully saturated rings. The quantitative estimate of drug-likeness (QED) is 0.661. The number of rotatable bonds is 8. The summed E-state index contributed by atoms with van der Waals surface area (Å²) >= 11 is 1.94. The van der Waals surface area contributed by atoms with Crippen molar-refractivity contribution in [1.82, 2.24) is 10.2 Å². The minimum atomic E-state index is 0.710. The first-order chi connectivity index (χ1) is 7.74. The molecule has 3 heteroatoms. The Labute approximate surface area is 106 Å². The van der Waals surface area contributed by atoms with Crippen LogP contribution >= 0.6 is 11.8 Å². The standard InChI is InChI=1S/C13H28N2S/c1-12(11-16-3)15(2)10-6-9-14-13-7-4-5-8-13/h12-14H,4-11H2,1-3H3. The van der Waals surface area contributed by atoms with Gasteiger partial charge in [-0.1, -0.05) is 12.8 Å². The van der Waals surface area contributed by atoms with Crippen molar-refractivity contribution >= 4 is 11.8 Å². The lowest BCUT2D eigenvalue weighted by Gasteiger charge is -2.24. The topological polar surface area (TPSA) is 15.3 Å². The van der Waals surface area contributed by atoms with Gasteiger partial charge in [0.25, 0.3) is 0 Å². The fourth-order valence-corrected chi connectivity index (χ4v) is 3.09. The van der Waals surface area contributed by atoms with E-state index in [1.54, 1.807) is 0 Å². The molecule has 0 saturated heterocycles. The second kappa shape index (κ2) is 8.37. The van der Waals surface area contributed by atoms with E-state index < -0.39 is 0 Å². The normalized spacial score (nSPS) is 19.5. The van der Waals surface area contributed by atoms with Gasteiger partial charge in [-0.25, -0.2) is 0 Å². The van der Waals surface area contributed by atoms with Crippen LogP contribution in [0.5, 0.6) is 0 Å². The van der Waals surface area contributed by atoms with Crippen molar-refractivity contribution in [3.8, 4) is 0 Å². The first-order valence-corrected chi connectivity index (χ1v) is 8.06. The molecule has 1 atom stereocenters. The molecule has 0 aromatic heterocycles. The highest BCUT2D eigenvalue weighted by Gasteiger charge is 2.13. The van der Waals surface area contributed by atoms with E-state index in [4.69, 9.17) is 0 Å². The molecule has 1 unspecified atom stereocenters. The summed E-state index contributed by atoms with van der Waals surface area (Å²) in [5, 5.41) is 3.68. The number of nitrogens with one attached hydrogen (secondary N) is 1. The van der Waals surface area contributed by atoms with Gasteiger partial charge in [0.15, 0.2) is 0 Å². The Bertz CT molecular complexity index is 169. The molecule has 0 aliphatic heterocycles. The summed E-state index contributed by atoms with van der Waals surface area (Å²) in [6, 6.07) is 1.54. The van der Waals surface area contributed by atoms with Gasteiger partial charge in [0.05, 0.1) is 0 Å². The van der Waals surface area contributed by atoms with E-state index in [0.717, 1.165) is 6.04 Å². The van der Waals surface area contributed by atoms with E-state index in [-0.39, 0.29) is 0 Å². The van der Waals surface area contributed by atoms with Crippen LogP contribution in [0.4, 0.5) is 0 Å². The fraction of sp³-hybridized carbons (Fsp3) is 1.00. The molecule has 1 aliphatic carbocycles. The second-order valence-corrected chi connectivity index (χ2v) is 5.98. The van der Waals surface area contributed by atoms with Gasteiger partial charge in [-0.05, 0) is 52.6 Å². The van der Waals surface area contributed by atoms with Crippen LogP contribution in [0.1, 0.15) is 39.0 Å². The smallest absolute Gasteiger partial charge is 0.0154 e. The predicted molar refractivity (Wildman–Crippen MR) is 75.3 cm³/mol. The zero-order valence-electron chi connectivity index (χ0n) is 11.2. The molecule has 1 N–H and O–H groups in total. The van der Waals surface area contributed by atoms with Crippen molar-refractivity contribution < 1.29 is 0 Å². The molecule has 0 heterocycles. The summed E-state index contributed by atoms with van der Waals surface area (Å²) in [4.78, 5) is 2.48. The molecule has 0 radical (unpaired) electrons. The van der Waals surface area contributed by atoms with Gasteiger partial charge >= 0.3 is 0 Å². The maximum Gasteiger partial charge on any atom is 0.0154 e.